The summed E-state index contributed by atoms with van der Waals surface area (Å²) in [5.41, 5.74) is 12.7. The van der Waals surface area contributed by atoms with Crippen molar-refractivity contribution in [2.75, 3.05) is 0 Å². The quantitative estimate of drug-likeness (QED) is 0.571. The van der Waals surface area contributed by atoms with E-state index in [1.165, 1.54) is 11.1 Å². The lowest BCUT2D eigenvalue weighted by Crippen LogP contribution is -2.34. The minimum absolute atomic E-state index is 0.152. The first kappa shape index (κ1) is 28.0. The molecule has 0 spiro atoms. The number of rotatable bonds is 2. The lowest BCUT2D eigenvalue weighted by molar-refractivity contribution is 0.436. The van der Waals surface area contributed by atoms with Crippen molar-refractivity contribution in [3.63, 3.8) is 0 Å². The number of fused-ring (bicyclic) bond motifs is 1. The standard InChI is InChI=1S/C16H20N4.4C2H6/c1-10-9-12(7-8-18-10)11(2)15-13-5-3-4-6-14(13)16(17)20-19-15;4*1-2/h3-11,15,18-19H,1-2H3,(H2,17,20);4*1-2H3. The summed E-state index contributed by atoms with van der Waals surface area (Å²) in [5, 5.41) is 7.54. The van der Waals surface area contributed by atoms with E-state index in [-0.39, 0.29) is 6.04 Å². The number of nitrogens with one attached hydrogen (secondary N) is 2. The summed E-state index contributed by atoms with van der Waals surface area (Å²) in [4.78, 5) is 0. The lowest BCUT2D eigenvalue weighted by Gasteiger charge is -2.31. The predicted molar refractivity (Wildman–Crippen MR) is 127 cm³/mol. The summed E-state index contributed by atoms with van der Waals surface area (Å²) in [6.45, 7) is 20.4. The van der Waals surface area contributed by atoms with Crippen molar-refractivity contribution >= 4 is 5.84 Å². The van der Waals surface area contributed by atoms with Crippen molar-refractivity contribution in [2.45, 2.75) is 81.3 Å². The second-order valence-corrected chi connectivity index (χ2v) is 5.44. The third-order valence-corrected chi connectivity index (χ3v) is 4.00. The fourth-order valence-electron chi connectivity index (χ4n) is 2.84. The summed E-state index contributed by atoms with van der Waals surface area (Å²) in [7, 11) is 0. The molecule has 0 radical (unpaired) electrons. The zero-order chi connectivity index (χ0) is 22.1. The normalized spacial score (nSPS) is 19.2. The molecule has 2 aliphatic rings. The predicted octanol–water partition coefficient (Wildman–Crippen LogP) is 6.12. The van der Waals surface area contributed by atoms with Gasteiger partial charge in [-0.2, -0.15) is 5.10 Å². The highest BCUT2D eigenvalue weighted by atomic mass is 15.3. The van der Waals surface area contributed by atoms with Gasteiger partial charge in [0.15, 0.2) is 5.84 Å². The molecule has 160 valence electrons. The van der Waals surface area contributed by atoms with E-state index in [0.29, 0.717) is 17.8 Å². The minimum Gasteiger partial charge on any atom is -0.385 e. The van der Waals surface area contributed by atoms with E-state index in [2.05, 4.69) is 47.9 Å². The van der Waals surface area contributed by atoms with Crippen LogP contribution in [0, 0.1) is 5.92 Å². The van der Waals surface area contributed by atoms with Gasteiger partial charge in [-0.3, -0.25) is 5.43 Å². The van der Waals surface area contributed by atoms with E-state index in [1.807, 2.05) is 79.8 Å². The van der Waals surface area contributed by atoms with E-state index in [1.54, 1.807) is 0 Å². The second-order valence-electron chi connectivity index (χ2n) is 5.44. The Bertz CT molecular complexity index is 602. The Hall–Kier alpha value is -2.23. The Balaban J connectivity index is 0. The molecule has 2 aliphatic heterocycles. The maximum Gasteiger partial charge on any atom is 0.150 e. The molecule has 0 aromatic heterocycles. The Labute approximate surface area is 174 Å². The van der Waals surface area contributed by atoms with Crippen LogP contribution in [0.3, 0.4) is 0 Å². The molecular weight excluding hydrogens is 344 g/mol. The number of dihydropyridines is 1. The summed E-state index contributed by atoms with van der Waals surface area (Å²) in [6.07, 6.45) is 6.41. The molecule has 1 aromatic carbocycles. The van der Waals surface area contributed by atoms with Crippen molar-refractivity contribution < 1.29 is 0 Å². The molecule has 3 atom stereocenters. The minimum atomic E-state index is 0.152. The van der Waals surface area contributed by atoms with E-state index < -0.39 is 0 Å². The van der Waals surface area contributed by atoms with Gasteiger partial charge in [-0.15, -0.1) is 0 Å². The van der Waals surface area contributed by atoms with E-state index in [4.69, 9.17) is 5.73 Å². The smallest absolute Gasteiger partial charge is 0.150 e. The SMILES string of the molecule is CC.CC.CC.CC.CC1C=C(C(C)C2NN=C(N)c3ccccc32)C=CN1. The van der Waals surface area contributed by atoms with Crippen molar-refractivity contribution in [3.05, 3.63) is 59.3 Å². The average molecular weight is 389 g/mol. The topological polar surface area (TPSA) is 62.4 Å². The molecule has 0 amide bonds. The monoisotopic (exact) mass is 388 g/mol. The van der Waals surface area contributed by atoms with E-state index in [0.717, 1.165) is 5.56 Å². The molecular formula is C24H44N4. The van der Waals surface area contributed by atoms with Crippen LogP contribution in [0.15, 0.2) is 53.3 Å². The molecule has 28 heavy (non-hydrogen) atoms. The first-order valence-electron chi connectivity index (χ1n) is 11.0. The van der Waals surface area contributed by atoms with Crippen LogP contribution in [0.4, 0.5) is 0 Å². The number of nitrogens with two attached hydrogens (primary N) is 1. The van der Waals surface area contributed by atoms with Crippen molar-refractivity contribution in [2.24, 2.45) is 16.8 Å². The van der Waals surface area contributed by atoms with Crippen LogP contribution in [-0.2, 0) is 0 Å². The summed E-state index contributed by atoms with van der Waals surface area (Å²) >= 11 is 0. The van der Waals surface area contributed by atoms with Gasteiger partial charge in [0.25, 0.3) is 0 Å². The maximum absolute atomic E-state index is 5.96. The van der Waals surface area contributed by atoms with Gasteiger partial charge in [0, 0.05) is 17.5 Å². The molecule has 0 aliphatic carbocycles. The van der Waals surface area contributed by atoms with Crippen LogP contribution in [-0.4, -0.2) is 11.9 Å². The number of benzene rings is 1. The van der Waals surface area contributed by atoms with Crippen LogP contribution in [0.2, 0.25) is 0 Å². The number of hydrazone groups is 1. The molecule has 0 fully saturated rings. The molecule has 1 aromatic rings. The number of nitrogens with zero attached hydrogens (tertiary/aromatic N) is 1. The fourth-order valence-corrected chi connectivity index (χ4v) is 2.84. The third kappa shape index (κ3) is 7.79. The van der Waals surface area contributed by atoms with Gasteiger partial charge in [-0.05, 0) is 30.3 Å². The van der Waals surface area contributed by atoms with Crippen LogP contribution >= 0.6 is 0 Å². The second kappa shape index (κ2) is 16.9. The molecule has 2 heterocycles. The van der Waals surface area contributed by atoms with Crippen LogP contribution in [0.5, 0.6) is 0 Å². The van der Waals surface area contributed by atoms with E-state index in [9.17, 15) is 0 Å². The highest BCUT2D eigenvalue weighted by molar-refractivity contribution is 5.99. The third-order valence-electron chi connectivity index (χ3n) is 4.00. The maximum atomic E-state index is 5.96. The largest absolute Gasteiger partial charge is 0.385 e. The van der Waals surface area contributed by atoms with Gasteiger partial charge in [-0.1, -0.05) is 92.7 Å². The van der Waals surface area contributed by atoms with E-state index >= 15 is 0 Å². The Morgan fingerprint density at radius 1 is 0.964 bits per heavy atom. The Kier molecular flexibility index (Phi) is 16.9. The molecule has 0 saturated carbocycles. The molecule has 3 unspecified atom stereocenters. The highest BCUT2D eigenvalue weighted by Gasteiger charge is 2.27. The zero-order valence-corrected chi connectivity index (χ0v) is 19.8. The van der Waals surface area contributed by atoms with Gasteiger partial charge in [0.05, 0.1) is 6.04 Å². The van der Waals surface area contributed by atoms with Crippen LogP contribution in [0.25, 0.3) is 0 Å². The molecule has 4 heteroatoms. The number of amidine groups is 1. The molecule has 4 nitrogen and oxygen atoms in total. The van der Waals surface area contributed by atoms with Gasteiger partial charge in [-0.25, -0.2) is 0 Å². The highest BCUT2D eigenvalue weighted by Crippen LogP contribution is 2.33. The fraction of sp³-hybridized carbons (Fsp3) is 0.542. The van der Waals surface area contributed by atoms with Crippen LogP contribution < -0.4 is 16.5 Å². The van der Waals surface area contributed by atoms with Crippen molar-refractivity contribution in [1.29, 1.82) is 0 Å². The van der Waals surface area contributed by atoms with Gasteiger partial charge < -0.3 is 11.1 Å². The van der Waals surface area contributed by atoms with Gasteiger partial charge in [0.2, 0.25) is 0 Å². The molecule has 3 rings (SSSR count). The number of hydrogen-bond donors (Lipinski definition) is 3. The molecule has 4 N–H and O–H groups in total. The number of allylic oxidation sites excluding steroid dienone is 1. The summed E-state index contributed by atoms with van der Waals surface area (Å²) in [6, 6.07) is 8.72. The molecule has 0 saturated heterocycles. The Morgan fingerprint density at radius 2 is 1.54 bits per heavy atom. The van der Waals surface area contributed by atoms with Crippen LogP contribution in [0.1, 0.15) is 86.4 Å². The summed E-state index contributed by atoms with van der Waals surface area (Å²) in [5.74, 6) is 0.890. The molecule has 0 bridgehead atoms. The van der Waals surface area contributed by atoms with Crippen molar-refractivity contribution in [3.8, 4) is 0 Å². The Morgan fingerprint density at radius 3 is 2.11 bits per heavy atom. The van der Waals surface area contributed by atoms with Crippen molar-refractivity contribution in [1.82, 2.24) is 10.7 Å². The first-order chi connectivity index (χ1) is 13.7. The zero-order valence-electron chi connectivity index (χ0n) is 19.8. The summed E-state index contributed by atoms with van der Waals surface area (Å²) < 4.78 is 0. The van der Waals surface area contributed by atoms with Gasteiger partial charge >= 0.3 is 0 Å². The average Bonchev–Trinajstić information content (AvgIpc) is 2.79. The lowest BCUT2D eigenvalue weighted by atomic mass is 9.84. The van der Waals surface area contributed by atoms with Gasteiger partial charge in [0.1, 0.15) is 0 Å². The number of hydrogen-bond acceptors (Lipinski definition) is 4. The first-order valence-corrected chi connectivity index (χ1v) is 11.0.